The molecular formula is C15H19NO2. The van der Waals surface area contributed by atoms with E-state index >= 15 is 0 Å². The van der Waals surface area contributed by atoms with Crippen LogP contribution in [0.15, 0.2) is 30.3 Å². The third-order valence-corrected chi connectivity index (χ3v) is 3.53. The van der Waals surface area contributed by atoms with Gasteiger partial charge in [0.2, 0.25) is 11.8 Å². The average Bonchev–Trinajstić information content (AvgIpc) is 2.90. The van der Waals surface area contributed by atoms with Crippen LogP contribution >= 0.6 is 0 Å². The van der Waals surface area contributed by atoms with Crippen molar-refractivity contribution in [1.82, 2.24) is 4.90 Å². The zero-order valence-electron chi connectivity index (χ0n) is 10.8. The first-order chi connectivity index (χ1) is 8.68. The fraction of sp³-hybridized carbons (Fsp3) is 0.467. The van der Waals surface area contributed by atoms with Crippen LogP contribution in [0, 0.1) is 5.92 Å². The van der Waals surface area contributed by atoms with Crippen molar-refractivity contribution >= 4 is 11.8 Å². The second kappa shape index (κ2) is 5.80. The Morgan fingerprint density at radius 1 is 1.17 bits per heavy atom. The Kier molecular flexibility index (Phi) is 4.13. The van der Waals surface area contributed by atoms with E-state index in [1.54, 1.807) is 0 Å². The van der Waals surface area contributed by atoms with E-state index in [1.165, 1.54) is 11.8 Å². The predicted molar refractivity (Wildman–Crippen MR) is 69.6 cm³/mol. The molecule has 1 fully saturated rings. The van der Waals surface area contributed by atoms with Gasteiger partial charge in [-0.25, -0.2) is 0 Å². The topological polar surface area (TPSA) is 37.4 Å². The number of amides is 2. The summed E-state index contributed by atoms with van der Waals surface area (Å²) >= 11 is 0. The lowest BCUT2D eigenvalue weighted by atomic mass is 10.1. The normalized spacial score (nSPS) is 15.6. The zero-order valence-corrected chi connectivity index (χ0v) is 10.8. The molecule has 0 aliphatic heterocycles. The van der Waals surface area contributed by atoms with E-state index < -0.39 is 0 Å². The molecule has 0 radical (unpaired) electrons. The molecule has 0 unspecified atom stereocenters. The van der Waals surface area contributed by atoms with E-state index in [4.69, 9.17) is 0 Å². The number of hydrogen-bond donors (Lipinski definition) is 0. The molecule has 1 aromatic rings. The number of imide groups is 1. The molecule has 2 amide bonds. The SMILES string of the molecule is CC(=O)N(Cc1ccccc1)C(=O)C1CCCC1. The summed E-state index contributed by atoms with van der Waals surface area (Å²) in [7, 11) is 0. The highest BCUT2D eigenvalue weighted by molar-refractivity contribution is 5.95. The maximum absolute atomic E-state index is 12.3. The second-order valence-corrected chi connectivity index (χ2v) is 4.91. The third kappa shape index (κ3) is 2.97. The van der Waals surface area contributed by atoms with Gasteiger partial charge in [-0.2, -0.15) is 0 Å². The third-order valence-electron chi connectivity index (χ3n) is 3.53. The minimum absolute atomic E-state index is 0.00357. The van der Waals surface area contributed by atoms with Gasteiger partial charge in [0.25, 0.3) is 0 Å². The number of benzene rings is 1. The van der Waals surface area contributed by atoms with Crippen LogP contribution in [0.2, 0.25) is 0 Å². The first-order valence-electron chi connectivity index (χ1n) is 6.54. The van der Waals surface area contributed by atoms with Crippen molar-refractivity contribution in [2.45, 2.75) is 39.2 Å². The minimum Gasteiger partial charge on any atom is -0.278 e. The Hall–Kier alpha value is -1.64. The fourth-order valence-corrected chi connectivity index (χ4v) is 2.50. The van der Waals surface area contributed by atoms with Crippen molar-refractivity contribution in [2.75, 3.05) is 0 Å². The Balaban J connectivity index is 2.08. The summed E-state index contributed by atoms with van der Waals surface area (Å²) in [6, 6.07) is 9.66. The molecule has 0 atom stereocenters. The first kappa shape index (κ1) is 12.8. The summed E-state index contributed by atoms with van der Waals surface area (Å²) in [6.07, 6.45) is 4.07. The molecule has 1 aliphatic rings. The van der Waals surface area contributed by atoms with Gasteiger partial charge in [0.15, 0.2) is 0 Å². The van der Waals surface area contributed by atoms with Crippen LogP contribution in [0.3, 0.4) is 0 Å². The number of carbonyl (C=O) groups excluding carboxylic acids is 2. The number of rotatable bonds is 3. The molecule has 1 aliphatic carbocycles. The van der Waals surface area contributed by atoms with Gasteiger partial charge in [-0.15, -0.1) is 0 Å². The van der Waals surface area contributed by atoms with Crippen molar-refractivity contribution in [3.8, 4) is 0 Å². The van der Waals surface area contributed by atoms with Crippen molar-refractivity contribution in [2.24, 2.45) is 5.92 Å². The molecule has 0 saturated heterocycles. The quantitative estimate of drug-likeness (QED) is 0.821. The minimum atomic E-state index is -0.157. The van der Waals surface area contributed by atoms with Crippen LogP contribution in [0.4, 0.5) is 0 Å². The second-order valence-electron chi connectivity index (χ2n) is 4.91. The van der Waals surface area contributed by atoms with Gasteiger partial charge in [-0.3, -0.25) is 14.5 Å². The maximum Gasteiger partial charge on any atom is 0.232 e. The summed E-state index contributed by atoms with van der Waals surface area (Å²) in [4.78, 5) is 25.3. The van der Waals surface area contributed by atoms with Crippen molar-refractivity contribution in [3.63, 3.8) is 0 Å². The summed E-state index contributed by atoms with van der Waals surface area (Å²) in [5.74, 6) is -0.0998. The van der Waals surface area contributed by atoms with Gasteiger partial charge in [-0.1, -0.05) is 43.2 Å². The van der Waals surface area contributed by atoms with Crippen LogP contribution in [0.5, 0.6) is 0 Å². The summed E-state index contributed by atoms with van der Waals surface area (Å²) in [5.41, 5.74) is 0.999. The molecule has 1 saturated carbocycles. The molecule has 3 nitrogen and oxygen atoms in total. The van der Waals surface area contributed by atoms with Crippen LogP contribution in [0.1, 0.15) is 38.2 Å². The maximum atomic E-state index is 12.3. The molecule has 96 valence electrons. The molecule has 0 bridgehead atoms. The zero-order chi connectivity index (χ0) is 13.0. The summed E-state index contributed by atoms with van der Waals surface area (Å²) in [5, 5.41) is 0. The van der Waals surface area contributed by atoms with Crippen molar-refractivity contribution in [3.05, 3.63) is 35.9 Å². The molecule has 3 heteroatoms. The molecule has 18 heavy (non-hydrogen) atoms. The standard InChI is InChI=1S/C15H19NO2/c1-12(17)16(11-13-7-3-2-4-8-13)15(18)14-9-5-6-10-14/h2-4,7-8,14H,5-6,9-11H2,1H3. The van der Waals surface area contributed by atoms with Gasteiger partial charge in [0, 0.05) is 12.8 Å². The summed E-state index contributed by atoms with van der Waals surface area (Å²) in [6.45, 7) is 1.86. The van der Waals surface area contributed by atoms with Gasteiger partial charge in [-0.05, 0) is 18.4 Å². The molecule has 0 aromatic heterocycles. The highest BCUT2D eigenvalue weighted by atomic mass is 16.2. The largest absolute Gasteiger partial charge is 0.278 e. The predicted octanol–water partition coefficient (Wildman–Crippen LogP) is 2.75. The van der Waals surface area contributed by atoms with Crippen molar-refractivity contribution < 1.29 is 9.59 Å². The number of hydrogen-bond acceptors (Lipinski definition) is 2. The van der Waals surface area contributed by atoms with Gasteiger partial charge < -0.3 is 0 Å². The van der Waals surface area contributed by atoms with E-state index in [-0.39, 0.29) is 17.7 Å². The highest BCUT2D eigenvalue weighted by Crippen LogP contribution is 2.27. The Labute approximate surface area is 108 Å². The molecule has 2 rings (SSSR count). The lowest BCUT2D eigenvalue weighted by molar-refractivity contribution is -0.146. The fourth-order valence-electron chi connectivity index (χ4n) is 2.50. The molecule has 0 N–H and O–H groups in total. The van der Waals surface area contributed by atoms with Gasteiger partial charge >= 0.3 is 0 Å². The van der Waals surface area contributed by atoms with E-state index in [0.717, 1.165) is 31.2 Å². The Bertz CT molecular complexity index is 421. The Morgan fingerprint density at radius 3 is 2.33 bits per heavy atom. The molecule has 1 aromatic carbocycles. The van der Waals surface area contributed by atoms with E-state index in [9.17, 15) is 9.59 Å². The van der Waals surface area contributed by atoms with E-state index in [1.807, 2.05) is 30.3 Å². The van der Waals surface area contributed by atoms with E-state index in [2.05, 4.69) is 0 Å². The average molecular weight is 245 g/mol. The van der Waals surface area contributed by atoms with Crippen LogP contribution in [-0.2, 0) is 16.1 Å². The van der Waals surface area contributed by atoms with Gasteiger partial charge in [0.1, 0.15) is 0 Å². The first-order valence-corrected chi connectivity index (χ1v) is 6.54. The lowest BCUT2D eigenvalue weighted by Gasteiger charge is -2.22. The molecule has 0 spiro atoms. The van der Waals surface area contributed by atoms with E-state index in [0.29, 0.717) is 6.54 Å². The van der Waals surface area contributed by atoms with Crippen LogP contribution < -0.4 is 0 Å². The lowest BCUT2D eigenvalue weighted by Crippen LogP contribution is -2.38. The molecular weight excluding hydrogens is 226 g/mol. The number of carbonyl (C=O) groups is 2. The monoisotopic (exact) mass is 245 g/mol. The smallest absolute Gasteiger partial charge is 0.232 e. The summed E-state index contributed by atoms with van der Waals surface area (Å²) < 4.78 is 0. The van der Waals surface area contributed by atoms with Crippen LogP contribution in [-0.4, -0.2) is 16.7 Å². The Morgan fingerprint density at radius 2 is 1.78 bits per heavy atom. The van der Waals surface area contributed by atoms with Gasteiger partial charge in [0.05, 0.1) is 6.54 Å². The van der Waals surface area contributed by atoms with Crippen LogP contribution in [0.25, 0.3) is 0 Å². The number of nitrogens with zero attached hydrogens (tertiary/aromatic N) is 1. The van der Waals surface area contributed by atoms with Crippen molar-refractivity contribution in [1.29, 1.82) is 0 Å². The molecule has 0 heterocycles. The highest BCUT2D eigenvalue weighted by Gasteiger charge is 2.29.